The Labute approximate surface area is 235 Å². The Morgan fingerprint density at radius 1 is 1.07 bits per heavy atom. The molecular weight excluding hydrogens is 500 g/mol. The lowest BCUT2D eigenvalue weighted by Gasteiger charge is -2.26. The van der Waals surface area contributed by atoms with Gasteiger partial charge in [-0.05, 0) is 56.4 Å². The number of carbonyl (C=O) groups is 2. The topological polar surface area (TPSA) is 83.6 Å². The van der Waals surface area contributed by atoms with Gasteiger partial charge in [0, 0.05) is 35.8 Å². The van der Waals surface area contributed by atoms with Crippen LogP contribution in [0.4, 0.5) is 5.69 Å². The number of anilines is 1. The van der Waals surface area contributed by atoms with Crippen LogP contribution in [-0.2, 0) is 11.2 Å². The SMILES string of the molecule is COc1cc(NC(C)CCCN2C(=O)[C@H](Cc3ccccc3)NC2c2ccccc2C(C)=O)c2ncccc2c1. The van der Waals surface area contributed by atoms with Crippen molar-refractivity contribution in [2.45, 2.75) is 51.4 Å². The maximum absolute atomic E-state index is 13.7. The summed E-state index contributed by atoms with van der Waals surface area (Å²) in [5.74, 6) is 0.837. The van der Waals surface area contributed by atoms with Crippen LogP contribution in [-0.4, -0.2) is 47.3 Å². The van der Waals surface area contributed by atoms with E-state index < -0.39 is 0 Å². The Morgan fingerprint density at radius 2 is 1.85 bits per heavy atom. The van der Waals surface area contributed by atoms with Crippen LogP contribution in [0.25, 0.3) is 10.9 Å². The predicted octanol–water partition coefficient (Wildman–Crippen LogP) is 5.77. The number of nitrogens with zero attached hydrogens (tertiary/aromatic N) is 2. The molecule has 3 aromatic carbocycles. The van der Waals surface area contributed by atoms with Crippen LogP contribution in [0.1, 0.15) is 54.3 Å². The molecular formula is C33H36N4O3. The van der Waals surface area contributed by atoms with Gasteiger partial charge in [-0.25, -0.2) is 0 Å². The van der Waals surface area contributed by atoms with Gasteiger partial charge in [0.2, 0.25) is 5.91 Å². The van der Waals surface area contributed by atoms with Crippen LogP contribution < -0.4 is 15.4 Å². The van der Waals surface area contributed by atoms with E-state index in [0.717, 1.165) is 46.3 Å². The lowest BCUT2D eigenvalue weighted by atomic mass is 10.0. The number of ketones is 1. The molecule has 5 rings (SSSR count). The fourth-order valence-corrected chi connectivity index (χ4v) is 5.53. The largest absolute Gasteiger partial charge is 0.497 e. The molecule has 1 aromatic heterocycles. The summed E-state index contributed by atoms with van der Waals surface area (Å²) in [7, 11) is 1.66. The Balaban J connectivity index is 1.31. The van der Waals surface area contributed by atoms with Gasteiger partial charge in [0.1, 0.15) is 11.9 Å². The normalized spacial score (nSPS) is 17.7. The molecule has 4 aromatic rings. The second kappa shape index (κ2) is 12.3. The molecule has 1 aliphatic rings. The van der Waals surface area contributed by atoms with Crippen molar-refractivity contribution in [2.24, 2.45) is 0 Å². The van der Waals surface area contributed by atoms with Gasteiger partial charge >= 0.3 is 0 Å². The van der Waals surface area contributed by atoms with E-state index in [0.29, 0.717) is 18.5 Å². The van der Waals surface area contributed by atoms with E-state index in [1.165, 1.54) is 0 Å². The molecule has 7 nitrogen and oxygen atoms in total. The number of hydrogen-bond acceptors (Lipinski definition) is 6. The highest BCUT2D eigenvalue weighted by molar-refractivity contribution is 5.96. The lowest BCUT2D eigenvalue weighted by Crippen LogP contribution is -2.33. The Bertz CT molecular complexity index is 1490. The first-order valence-corrected chi connectivity index (χ1v) is 13.8. The van der Waals surface area contributed by atoms with Crippen LogP contribution in [0.5, 0.6) is 5.75 Å². The van der Waals surface area contributed by atoms with Gasteiger partial charge in [-0.15, -0.1) is 0 Å². The second-order valence-electron chi connectivity index (χ2n) is 10.4. The Kier molecular flexibility index (Phi) is 8.41. The van der Waals surface area contributed by atoms with Crippen molar-refractivity contribution in [1.82, 2.24) is 15.2 Å². The molecule has 1 aliphatic heterocycles. The Morgan fingerprint density at radius 3 is 2.62 bits per heavy atom. The molecule has 0 aliphatic carbocycles. The van der Waals surface area contributed by atoms with E-state index in [1.54, 1.807) is 20.2 Å². The number of fused-ring (bicyclic) bond motifs is 1. The molecule has 0 spiro atoms. The molecule has 1 amide bonds. The standard InChI is InChI=1S/C33H36N4O3/c1-22(35-29-21-26(40-3)20-25-14-9-17-34-31(25)29)11-10-18-37-32(28-16-8-7-15-27(28)23(2)38)36-30(33(37)39)19-24-12-5-4-6-13-24/h4-9,12-17,20-22,30,32,35-36H,10-11,18-19H2,1-3H3/t22?,30-,32?/m0/s1. The number of amides is 1. The van der Waals surface area contributed by atoms with E-state index in [-0.39, 0.29) is 29.9 Å². The minimum absolute atomic E-state index is 0.00624. The second-order valence-corrected chi connectivity index (χ2v) is 10.4. The summed E-state index contributed by atoms with van der Waals surface area (Å²) < 4.78 is 5.49. The first-order valence-electron chi connectivity index (χ1n) is 13.8. The molecule has 206 valence electrons. The van der Waals surface area contributed by atoms with Crippen molar-refractivity contribution in [2.75, 3.05) is 19.0 Å². The number of methoxy groups -OCH3 is 1. The molecule has 2 heterocycles. The maximum Gasteiger partial charge on any atom is 0.241 e. The van der Waals surface area contributed by atoms with Crippen LogP contribution >= 0.6 is 0 Å². The molecule has 7 heteroatoms. The minimum Gasteiger partial charge on any atom is -0.497 e. The number of ether oxygens (including phenoxy) is 1. The molecule has 2 unspecified atom stereocenters. The van der Waals surface area contributed by atoms with E-state index in [2.05, 4.69) is 22.5 Å². The summed E-state index contributed by atoms with van der Waals surface area (Å²) in [4.78, 5) is 32.6. The van der Waals surface area contributed by atoms with Crippen LogP contribution in [0.15, 0.2) is 85.1 Å². The highest BCUT2D eigenvalue weighted by Gasteiger charge is 2.40. The smallest absolute Gasteiger partial charge is 0.241 e. The first-order chi connectivity index (χ1) is 19.4. The summed E-state index contributed by atoms with van der Waals surface area (Å²) >= 11 is 0. The van der Waals surface area contributed by atoms with Gasteiger partial charge in [0.15, 0.2) is 5.78 Å². The summed E-state index contributed by atoms with van der Waals surface area (Å²) in [6, 6.07) is 25.3. The molecule has 2 N–H and O–H groups in total. The number of Topliss-reactive ketones (excluding diaryl/α,β-unsaturated/α-hetero) is 1. The maximum atomic E-state index is 13.7. The fraction of sp³-hybridized carbons (Fsp3) is 0.303. The number of aromatic nitrogens is 1. The van der Waals surface area contributed by atoms with Crippen LogP contribution in [0, 0.1) is 0 Å². The zero-order valence-corrected chi connectivity index (χ0v) is 23.3. The average molecular weight is 537 g/mol. The number of nitrogens with one attached hydrogen (secondary N) is 2. The highest BCUT2D eigenvalue weighted by atomic mass is 16.5. The van der Waals surface area contributed by atoms with Crippen molar-refractivity contribution < 1.29 is 14.3 Å². The number of benzene rings is 3. The number of rotatable bonds is 11. The van der Waals surface area contributed by atoms with Crippen molar-refractivity contribution in [1.29, 1.82) is 0 Å². The number of pyridine rings is 1. The van der Waals surface area contributed by atoms with E-state index >= 15 is 0 Å². The molecule has 1 fully saturated rings. The minimum atomic E-state index is -0.351. The Hall–Kier alpha value is -4.23. The van der Waals surface area contributed by atoms with Crippen LogP contribution in [0.2, 0.25) is 0 Å². The van der Waals surface area contributed by atoms with Crippen molar-refractivity contribution in [3.8, 4) is 5.75 Å². The molecule has 0 radical (unpaired) electrons. The zero-order valence-electron chi connectivity index (χ0n) is 23.3. The van der Waals surface area contributed by atoms with Gasteiger partial charge in [0.05, 0.1) is 24.4 Å². The summed E-state index contributed by atoms with van der Waals surface area (Å²) in [5, 5.41) is 8.16. The average Bonchev–Trinajstić information content (AvgIpc) is 3.27. The van der Waals surface area contributed by atoms with Gasteiger partial charge in [-0.2, -0.15) is 0 Å². The summed E-state index contributed by atoms with van der Waals surface area (Å²) in [6.45, 7) is 4.29. The van der Waals surface area contributed by atoms with Crippen molar-refractivity contribution in [3.63, 3.8) is 0 Å². The third kappa shape index (κ3) is 6.00. The fourth-order valence-electron chi connectivity index (χ4n) is 5.53. The van der Waals surface area contributed by atoms with Crippen molar-refractivity contribution >= 4 is 28.3 Å². The predicted molar refractivity (Wildman–Crippen MR) is 159 cm³/mol. The summed E-state index contributed by atoms with van der Waals surface area (Å²) in [6.07, 6.45) is 3.69. The molecule has 40 heavy (non-hydrogen) atoms. The van der Waals surface area contributed by atoms with Crippen LogP contribution in [0.3, 0.4) is 0 Å². The van der Waals surface area contributed by atoms with E-state index in [9.17, 15) is 9.59 Å². The monoisotopic (exact) mass is 536 g/mol. The quantitative estimate of drug-likeness (QED) is 0.237. The number of carbonyl (C=O) groups excluding carboxylic acids is 2. The summed E-state index contributed by atoms with van der Waals surface area (Å²) in [5.41, 5.74) is 4.42. The third-order valence-electron chi connectivity index (χ3n) is 7.52. The van der Waals surface area contributed by atoms with E-state index in [1.807, 2.05) is 83.8 Å². The first kappa shape index (κ1) is 27.3. The zero-order chi connectivity index (χ0) is 28.1. The van der Waals surface area contributed by atoms with Gasteiger partial charge in [0.25, 0.3) is 0 Å². The van der Waals surface area contributed by atoms with Gasteiger partial charge in [-0.1, -0.05) is 60.7 Å². The third-order valence-corrected chi connectivity index (χ3v) is 7.52. The molecule has 1 saturated heterocycles. The van der Waals surface area contributed by atoms with Gasteiger partial charge < -0.3 is 15.0 Å². The lowest BCUT2D eigenvalue weighted by molar-refractivity contribution is -0.130. The molecule has 0 bridgehead atoms. The number of hydrogen-bond donors (Lipinski definition) is 2. The van der Waals surface area contributed by atoms with E-state index in [4.69, 9.17) is 4.74 Å². The van der Waals surface area contributed by atoms with Gasteiger partial charge in [-0.3, -0.25) is 19.9 Å². The highest BCUT2D eigenvalue weighted by Crippen LogP contribution is 2.31. The van der Waals surface area contributed by atoms with Crippen molar-refractivity contribution in [3.05, 3.63) is 102 Å². The molecule has 3 atom stereocenters. The molecule has 0 saturated carbocycles.